The number of hydrogen-bond donors (Lipinski definition) is 6. The molecule has 3 aromatic heterocycles. The number of nitrogens with zero attached hydrogens (tertiary/aromatic N) is 5. The van der Waals surface area contributed by atoms with Crippen molar-refractivity contribution in [2.75, 3.05) is 18.9 Å². The van der Waals surface area contributed by atoms with Gasteiger partial charge >= 0.3 is 21.3 Å². The van der Waals surface area contributed by atoms with Gasteiger partial charge in [-0.25, -0.2) is 23.9 Å². The van der Waals surface area contributed by atoms with E-state index in [0.29, 0.717) is 0 Å². The number of H-pyrrole nitrogens is 1. The van der Waals surface area contributed by atoms with E-state index >= 15 is 0 Å². The number of nitrogens with one attached hydrogen (secondary N) is 1. The summed E-state index contributed by atoms with van der Waals surface area (Å²) in [5, 5.41) is 10.4. The van der Waals surface area contributed by atoms with Crippen LogP contribution in [0.15, 0.2) is 34.5 Å². The van der Waals surface area contributed by atoms with Gasteiger partial charge in [0.15, 0.2) is 11.2 Å². The number of aromatic amines is 1. The van der Waals surface area contributed by atoms with Gasteiger partial charge in [-0.15, -0.1) is 0 Å². The van der Waals surface area contributed by atoms with Crippen LogP contribution in [0.25, 0.3) is 11.2 Å². The maximum atomic E-state index is 12.8. The van der Waals surface area contributed by atoms with Crippen molar-refractivity contribution >= 4 is 32.6 Å². The van der Waals surface area contributed by atoms with E-state index in [9.17, 15) is 28.7 Å². The Kier molecular flexibility index (Phi) is 8.25. The van der Waals surface area contributed by atoms with Crippen molar-refractivity contribution < 1.29 is 52.0 Å². The van der Waals surface area contributed by atoms with Crippen molar-refractivity contribution in [2.24, 2.45) is 0 Å². The molecule has 1 unspecified atom stereocenters. The average molecular weight is 621 g/mol. The molecular formula is C19H25N7O13P2. The summed E-state index contributed by atoms with van der Waals surface area (Å²) >= 11 is 0. The SMILES string of the molecule is Nc1ccn([C@H]2C[C@H](O)[C@@H](COP(=O)(O)O[C@H]3C[C@H](n4cnc5c(=O)[nH]cnc54)O[C@@H]3COP(=O)(O)O)O2)c(=O)n1. The van der Waals surface area contributed by atoms with Gasteiger partial charge in [-0.05, 0) is 6.07 Å². The van der Waals surface area contributed by atoms with E-state index in [4.69, 9.17) is 34.0 Å². The lowest BCUT2D eigenvalue weighted by Crippen LogP contribution is -2.30. The Balaban J connectivity index is 1.26. The Morgan fingerprint density at radius 1 is 1.05 bits per heavy atom. The molecule has 0 bridgehead atoms. The summed E-state index contributed by atoms with van der Waals surface area (Å²) < 4.78 is 52.7. The fraction of sp³-hybridized carbons (Fsp3) is 0.526. The predicted octanol–water partition coefficient (Wildman–Crippen LogP) is -1.49. The summed E-state index contributed by atoms with van der Waals surface area (Å²) in [7, 11) is -9.85. The lowest BCUT2D eigenvalue weighted by Gasteiger charge is -2.22. The number of nitrogen functional groups attached to an aromatic ring is 1. The predicted molar refractivity (Wildman–Crippen MR) is 133 cm³/mol. The Bertz CT molecular complexity index is 1620. The second-order valence-corrected chi connectivity index (χ2v) is 11.7. The summed E-state index contributed by atoms with van der Waals surface area (Å²) in [6.45, 7) is -1.36. The zero-order chi connectivity index (χ0) is 29.5. The molecule has 7 N–H and O–H groups in total. The molecule has 5 rings (SSSR count). The molecule has 0 amide bonds. The minimum Gasteiger partial charge on any atom is -0.390 e. The van der Waals surface area contributed by atoms with E-state index in [-0.39, 0.29) is 29.8 Å². The largest absolute Gasteiger partial charge is 0.472 e. The number of fused-ring (bicyclic) bond motifs is 1. The van der Waals surface area contributed by atoms with Gasteiger partial charge in [0.25, 0.3) is 5.56 Å². The quantitative estimate of drug-likeness (QED) is 0.140. The van der Waals surface area contributed by atoms with Gasteiger partial charge in [-0.2, -0.15) is 4.98 Å². The fourth-order valence-corrected chi connectivity index (χ4v) is 5.73. The molecule has 2 fully saturated rings. The summed E-state index contributed by atoms with van der Waals surface area (Å²) in [4.78, 5) is 66.7. The molecule has 20 nitrogen and oxygen atoms in total. The Morgan fingerprint density at radius 3 is 2.49 bits per heavy atom. The van der Waals surface area contributed by atoms with Gasteiger partial charge in [0, 0.05) is 19.0 Å². The zero-order valence-electron chi connectivity index (χ0n) is 20.8. The number of phosphoric ester groups is 2. The number of rotatable bonds is 10. The molecule has 0 radical (unpaired) electrons. The van der Waals surface area contributed by atoms with Crippen molar-refractivity contribution in [3.05, 3.63) is 45.8 Å². The molecule has 22 heteroatoms. The Morgan fingerprint density at radius 2 is 1.76 bits per heavy atom. The van der Waals surface area contributed by atoms with Gasteiger partial charge in [0.1, 0.15) is 36.6 Å². The molecule has 0 aliphatic carbocycles. The highest BCUT2D eigenvalue weighted by atomic mass is 31.2. The van der Waals surface area contributed by atoms with E-state index < -0.39 is 77.0 Å². The molecule has 2 aliphatic rings. The number of nitrogens with two attached hydrogens (primary N) is 1. The minimum absolute atomic E-state index is 0.00294. The lowest BCUT2D eigenvalue weighted by molar-refractivity contribution is -0.0562. The molecule has 41 heavy (non-hydrogen) atoms. The zero-order valence-corrected chi connectivity index (χ0v) is 22.6. The second-order valence-electron chi connectivity index (χ2n) is 9.09. The molecule has 5 heterocycles. The Hall–Kier alpha value is -2.87. The molecule has 7 atom stereocenters. The van der Waals surface area contributed by atoms with Crippen LogP contribution in [-0.2, 0) is 32.2 Å². The second kappa shape index (κ2) is 11.4. The van der Waals surface area contributed by atoms with Crippen molar-refractivity contribution in [3.8, 4) is 0 Å². The standard InChI is InChI=1S/C19H25N7O13P2/c20-13-1-2-25(19(29)24-13)14-3-9(27)11(37-14)5-36-41(33,34)39-10-4-15(38-12(10)6-35-40(30,31)32)26-8-23-16-17(26)21-7-22-18(16)28/h1-2,7-12,14-15,27H,3-6H2,(H,33,34)(H2,20,24,29)(H,21,22,28)(H2,30,31,32)/t9-,10-,11+,12+,14+,15+/m0/s1. The van der Waals surface area contributed by atoms with Gasteiger partial charge in [-0.3, -0.25) is 27.5 Å². The first-order valence-corrected chi connectivity index (χ1v) is 14.9. The summed E-state index contributed by atoms with van der Waals surface area (Å²) in [5.41, 5.74) is 4.35. The third-order valence-electron chi connectivity index (χ3n) is 6.30. The van der Waals surface area contributed by atoms with Crippen LogP contribution in [-0.4, -0.2) is 86.5 Å². The van der Waals surface area contributed by atoms with Crippen LogP contribution in [0.3, 0.4) is 0 Å². The van der Waals surface area contributed by atoms with Crippen molar-refractivity contribution in [2.45, 2.75) is 49.7 Å². The van der Waals surface area contributed by atoms with Gasteiger partial charge in [-0.1, -0.05) is 0 Å². The number of aliphatic hydroxyl groups is 1. The number of aromatic nitrogens is 6. The van der Waals surface area contributed by atoms with E-state index in [1.54, 1.807) is 0 Å². The topological polar surface area (TPSA) is 286 Å². The van der Waals surface area contributed by atoms with Gasteiger partial charge in [0.2, 0.25) is 0 Å². The van der Waals surface area contributed by atoms with E-state index in [2.05, 4.69) is 24.5 Å². The van der Waals surface area contributed by atoms with Crippen LogP contribution in [0.2, 0.25) is 0 Å². The lowest BCUT2D eigenvalue weighted by atomic mass is 10.2. The summed E-state index contributed by atoms with van der Waals surface area (Å²) in [6.07, 6.45) is -3.33. The molecule has 2 aliphatic heterocycles. The smallest absolute Gasteiger partial charge is 0.390 e. The molecular weight excluding hydrogens is 596 g/mol. The molecule has 0 aromatic carbocycles. The van der Waals surface area contributed by atoms with E-state index in [0.717, 1.165) is 10.9 Å². The third-order valence-corrected chi connectivity index (χ3v) is 7.80. The van der Waals surface area contributed by atoms with Crippen LogP contribution < -0.4 is 17.0 Å². The number of hydrogen-bond acceptors (Lipinski definition) is 14. The van der Waals surface area contributed by atoms with Crippen LogP contribution >= 0.6 is 15.6 Å². The van der Waals surface area contributed by atoms with Crippen LogP contribution in [0.4, 0.5) is 5.82 Å². The first kappa shape index (κ1) is 29.6. The molecule has 224 valence electrons. The third kappa shape index (κ3) is 6.79. The number of ether oxygens (including phenoxy) is 2. The minimum atomic E-state index is -4.95. The normalized spacial score (nSPS) is 28.3. The molecule has 0 spiro atoms. The molecule has 3 aromatic rings. The van der Waals surface area contributed by atoms with E-state index in [1.165, 1.54) is 23.2 Å². The molecule has 0 saturated carbocycles. The highest BCUT2D eigenvalue weighted by Gasteiger charge is 2.44. The van der Waals surface area contributed by atoms with Crippen LogP contribution in [0.1, 0.15) is 25.3 Å². The highest BCUT2D eigenvalue weighted by Crippen LogP contribution is 2.50. The number of aliphatic hydroxyl groups excluding tert-OH is 1. The summed E-state index contributed by atoms with van der Waals surface area (Å²) in [5.74, 6) is -0.00294. The highest BCUT2D eigenvalue weighted by molar-refractivity contribution is 7.47. The number of anilines is 1. The maximum absolute atomic E-state index is 12.8. The number of phosphoric acid groups is 2. The van der Waals surface area contributed by atoms with Crippen molar-refractivity contribution in [3.63, 3.8) is 0 Å². The first-order chi connectivity index (χ1) is 19.3. The molecule has 2 saturated heterocycles. The average Bonchev–Trinajstić information content (AvgIpc) is 3.58. The Labute approximate surface area is 228 Å². The monoisotopic (exact) mass is 621 g/mol. The number of imidazole rings is 1. The maximum Gasteiger partial charge on any atom is 0.472 e. The van der Waals surface area contributed by atoms with Crippen LogP contribution in [0, 0.1) is 0 Å². The van der Waals surface area contributed by atoms with Gasteiger partial charge in [0.05, 0.1) is 32.0 Å². The first-order valence-electron chi connectivity index (χ1n) is 11.9. The van der Waals surface area contributed by atoms with Crippen molar-refractivity contribution in [1.29, 1.82) is 0 Å². The van der Waals surface area contributed by atoms with E-state index in [1.807, 2.05) is 0 Å². The summed E-state index contributed by atoms with van der Waals surface area (Å²) in [6, 6.07) is 1.36. The van der Waals surface area contributed by atoms with Crippen LogP contribution in [0.5, 0.6) is 0 Å². The van der Waals surface area contributed by atoms with Gasteiger partial charge < -0.3 is 40.0 Å². The van der Waals surface area contributed by atoms with Crippen molar-refractivity contribution in [1.82, 2.24) is 29.1 Å². The fourth-order valence-electron chi connectivity index (χ4n) is 4.43.